The number of nitrogens with zero attached hydrogens (tertiary/aromatic N) is 2. The standard InChI is InChI=1S/C30H55N3O3.C26H50O4/c1-5-7-8-9-10-11-12-13-17-24-36-30(34)18-15-14-16-22-33-23-19-29(26-33)35-25-21-32-28(4)27(3)31-20-6-2;1-3-5-7-9-12-16-20-25(21-17-13-10-8-6-4-2)30-26(28)22-18-14-11-15-19-23-29-24-27/h6,20,29,32H,4-5,7-19,21-26H2,1-3H3;24-25H,3-23H2,1-2H3/b20-6-,31-27?;. The van der Waals surface area contributed by atoms with E-state index in [9.17, 15) is 14.4 Å². The van der Waals surface area contributed by atoms with Crippen molar-refractivity contribution < 1.29 is 33.3 Å². The number of likely N-dealkylation sites (tertiary alicyclic amines) is 1. The number of ether oxygens (including phenoxy) is 4. The van der Waals surface area contributed by atoms with Gasteiger partial charge in [0.2, 0.25) is 0 Å². The second-order valence-corrected chi connectivity index (χ2v) is 18.8. The van der Waals surface area contributed by atoms with E-state index in [-0.39, 0.29) is 18.0 Å². The first-order chi connectivity index (χ1) is 32.3. The monoisotopic (exact) mass is 932 g/mol. The molecule has 1 fully saturated rings. The van der Waals surface area contributed by atoms with Gasteiger partial charge in [0.25, 0.3) is 6.47 Å². The van der Waals surface area contributed by atoms with Crippen LogP contribution < -0.4 is 5.32 Å². The third-order valence-electron chi connectivity index (χ3n) is 12.5. The molecular formula is C56H105N3O7. The Morgan fingerprint density at radius 1 is 0.667 bits per heavy atom. The SMILES string of the molecule is C=C(NCCOC1CCN(CCCCCC(=O)OCCCCCCCCCCC)C1)C(C)=N/C=C\C.CCCCCCCCC(CCCCCCCC)OC(=O)CCCCCCCOC=O. The molecular weight excluding hydrogens is 827 g/mol. The normalized spacial score (nSPS) is 14.1. The Morgan fingerprint density at radius 3 is 1.73 bits per heavy atom. The van der Waals surface area contributed by atoms with Crippen molar-refractivity contribution in [1.82, 2.24) is 10.2 Å². The van der Waals surface area contributed by atoms with Crippen molar-refractivity contribution in [2.75, 3.05) is 46.0 Å². The Balaban J connectivity index is 0.00000130. The molecule has 10 heteroatoms. The van der Waals surface area contributed by atoms with Crippen molar-refractivity contribution in [3.05, 3.63) is 24.6 Å². The van der Waals surface area contributed by atoms with Gasteiger partial charge in [-0.25, -0.2) is 0 Å². The van der Waals surface area contributed by atoms with E-state index in [1.54, 1.807) is 6.20 Å². The first-order valence-electron chi connectivity index (χ1n) is 27.6. The van der Waals surface area contributed by atoms with Crippen LogP contribution in [-0.4, -0.2) is 87.2 Å². The average molecular weight is 932 g/mol. The van der Waals surface area contributed by atoms with Gasteiger partial charge in [0.05, 0.1) is 31.6 Å². The quantitative estimate of drug-likeness (QED) is 0.0209. The van der Waals surface area contributed by atoms with E-state index in [0.29, 0.717) is 45.2 Å². The molecule has 0 bridgehead atoms. The molecule has 1 rings (SSSR count). The highest BCUT2D eigenvalue weighted by Crippen LogP contribution is 2.19. The highest BCUT2D eigenvalue weighted by atomic mass is 16.5. The van der Waals surface area contributed by atoms with Gasteiger partial charge in [0.1, 0.15) is 6.10 Å². The van der Waals surface area contributed by atoms with Crippen LogP contribution in [0, 0.1) is 0 Å². The molecule has 0 aromatic rings. The molecule has 10 nitrogen and oxygen atoms in total. The molecule has 0 aliphatic carbocycles. The number of carbonyl (C=O) groups excluding carboxylic acids is 3. The number of allylic oxidation sites excluding steroid dienone is 2. The number of hydrogen-bond donors (Lipinski definition) is 1. The van der Waals surface area contributed by atoms with Gasteiger partial charge in [-0.15, -0.1) is 0 Å². The summed E-state index contributed by atoms with van der Waals surface area (Å²) in [7, 11) is 0. The first-order valence-corrected chi connectivity index (χ1v) is 27.6. The number of unbranched alkanes of at least 4 members (excludes halogenated alkanes) is 24. The van der Waals surface area contributed by atoms with Crippen LogP contribution in [0.3, 0.4) is 0 Å². The Morgan fingerprint density at radius 2 is 1.17 bits per heavy atom. The zero-order valence-corrected chi connectivity index (χ0v) is 43.8. The summed E-state index contributed by atoms with van der Waals surface area (Å²) >= 11 is 0. The summed E-state index contributed by atoms with van der Waals surface area (Å²) in [4.78, 5) is 41.1. The lowest BCUT2D eigenvalue weighted by Crippen LogP contribution is -2.27. The molecule has 0 aromatic carbocycles. The van der Waals surface area contributed by atoms with E-state index in [4.69, 9.17) is 14.2 Å². The van der Waals surface area contributed by atoms with Crippen LogP contribution in [0.5, 0.6) is 0 Å². The lowest BCUT2D eigenvalue weighted by Gasteiger charge is -2.18. The summed E-state index contributed by atoms with van der Waals surface area (Å²) in [6, 6.07) is 0. The Labute approximate surface area is 407 Å². The van der Waals surface area contributed by atoms with Crippen LogP contribution in [0.15, 0.2) is 29.5 Å². The summed E-state index contributed by atoms with van der Waals surface area (Å²) in [5, 5.41) is 3.28. The van der Waals surface area contributed by atoms with Crippen LogP contribution in [0.4, 0.5) is 0 Å². The Hall–Kier alpha value is -2.72. The molecule has 0 aromatic heterocycles. The first kappa shape index (κ1) is 63.3. The van der Waals surface area contributed by atoms with Crippen molar-refractivity contribution in [1.29, 1.82) is 0 Å². The molecule has 1 heterocycles. The Kier molecular flexibility index (Phi) is 48.1. The maximum absolute atomic E-state index is 12.3. The van der Waals surface area contributed by atoms with E-state index in [2.05, 4.69) is 47.3 Å². The van der Waals surface area contributed by atoms with E-state index >= 15 is 0 Å². The molecule has 1 N–H and O–H groups in total. The summed E-state index contributed by atoms with van der Waals surface area (Å²) in [5.41, 5.74) is 1.74. The average Bonchev–Trinajstić information content (AvgIpc) is 3.77. The fourth-order valence-electron chi connectivity index (χ4n) is 8.25. The fraction of sp³-hybridized carbons (Fsp3) is 0.857. The van der Waals surface area contributed by atoms with Gasteiger partial charge in [0.15, 0.2) is 0 Å². The van der Waals surface area contributed by atoms with Crippen LogP contribution in [-0.2, 0) is 33.3 Å². The van der Waals surface area contributed by atoms with Crippen LogP contribution >= 0.6 is 0 Å². The highest BCUT2D eigenvalue weighted by molar-refractivity contribution is 5.97. The van der Waals surface area contributed by atoms with Crippen molar-refractivity contribution >= 4 is 24.1 Å². The second kappa shape index (κ2) is 50.2. The molecule has 0 amide bonds. The number of carbonyl (C=O) groups is 3. The number of hydrogen-bond acceptors (Lipinski definition) is 10. The van der Waals surface area contributed by atoms with Crippen molar-refractivity contribution in [2.45, 2.75) is 265 Å². The number of nitrogens with one attached hydrogen (secondary N) is 1. The molecule has 1 aliphatic heterocycles. The van der Waals surface area contributed by atoms with Crippen LogP contribution in [0.1, 0.15) is 253 Å². The minimum atomic E-state index is -0.0243. The molecule has 1 saturated heterocycles. The van der Waals surface area contributed by atoms with Gasteiger partial charge in [-0.05, 0) is 84.6 Å². The van der Waals surface area contributed by atoms with E-state index in [1.807, 2.05) is 19.9 Å². The largest absolute Gasteiger partial charge is 0.468 e. The van der Waals surface area contributed by atoms with Gasteiger partial charge in [0, 0.05) is 44.4 Å². The maximum atomic E-state index is 12.3. The third-order valence-corrected chi connectivity index (χ3v) is 12.5. The molecule has 0 saturated carbocycles. The molecule has 1 atom stereocenters. The second-order valence-electron chi connectivity index (χ2n) is 18.8. The van der Waals surface area contributed by atoms with Gasteiger partial charge in [-0.1, -0.05) is 175 Å². The fourth-order valence-corrected chi connectivity index (χ4v) is 8.25. The Bertz CT molecular complexity index is 1160. The number of aliphatic imine (C=N–C) groups is 1. The van der Waals surface area contributed by atoms with Gasteiger partial charge < -0.3 is 29.2 Å². The maximum Gasteiger partial charge on any atom is 0.306 e. The zero-order chi connectivity index (χ0) is 48.4. The van der Waals surface area contributed by atoms with Crippen molar-refractivity contribution in [3.63, 3.8) is 0 Å². The number of esters is 2. The van der Waals surface area contributed by atoms with Gasteiger partial charge in [-0.2, -0.15) is 0 Å². The molecule has 0 spiro atoms. The third kappa shape index (κ3) is 43.8. The highest BCUT2D eigenvalue weighted by Gasteiger charge is 2.22. The topological polar surface area (TPSA) is 116 Å². The summed E-state index contributed by atoms with van der Waals surface area (Å²) in [5.74, 6) is -0.0370. The smallest absolute Gasteiger partial charge is 0.306 e. The summed E-state index contributed by atoms with van der Waals surface area (Å²) in [6.07, 6.45) is 43.4. The zero-order valence-electron chi connectivity index (χ0n) is 43.8. The van der Waals surface area contributed by atoms with E-state index in [0.717, 1.165) is 115 Å². The molecule has 0 radical (unpaired) electrons. The number of rotatable bonds is 47. The molecule has 1 unspecified atom stereocenters. The van der Waals surface area contributed by atoms with Crippen molar-refractivity contribution in [2.24, 2.45) is 4.99 Å². The minimum Gasteiger partial charge on any atom is -0.468 e. The predicted octanol–water partition coefficient (Wildman–Crippen LogP) is 14.7. The molecule has 1 aliphatic rings. The minimum absolute atomic E-state index is 0.0127. The molecule has 386 valence electrons. The predicted molar refractivity (Wildman–Crippen MR) is 278 cm³/mol. The van der Waals surface area contributed by atoms with Crippen molar-refractivity contribution in [3.8, 4) is 0 Å². The lowest BCUT2D eigenvalue weighted by molar-refractivity contribution is -0.150. The van der Waals surface area contributed by atoms with Crippen LogP contribution in [0.2, 0.25) is 0 Å². The lowest BCUT2D eigenvalue weighted by atomic mass is 10.0. The van der Waals surface area contributed by atoms with E-state index < -0.39 is 0 Å². The summed E-state index contributed by atoms with van der Waals surface area (Å²) in [6.45, 7) is 20.9. The van der Waals surface area contributed by atoms with Gasteiger partial charge in [-0.3, -0.25) is 19.4 Å². The van der Waals surface area contributed by atoms with Gasteiger partial charge >= 0.3 is 11.9 Å². The van der Waals surface area contributed by atoms with E-state index in [1.165, 1.54) is 128 Å². The van der Waals surface area contributed by atoms with Crippen LogP contribution in [0.25, 0.3) is 0 Å². The summed E-state index contributed by atoms with van der Waals surface area (Å²) < 4.78 is 22.0. The molecule has 66 heavy (non-hydrogen) atoms.